The highest BCUT2D eigenvalue weighted by atomic mass is 16.5. The highest BCUT2D eigenvalue weighted by Gasteiger charge is 2.10. The van der Waals surface area contributed by atoms with Gasteiger partial charge < -0.3 is 9.84 Å². The summed E-state index contributed by atoms with van der Waals surface area (Å²) in [5, 5.41) is 8.60. The van der Waals surface area contributed by atoms with Gasteiger partial charge in [-0.25, -0.2) is 0 Å². The van der Waals surface area contributed by atoms with E-state index in [1.54, 1.807) is 24.3 Å². The van der Waals surface area contributed by atoms with Gasteiger partial charge in [0, 0.05) is 5.56 Å². The molecule has 0 aromatic heterocycles. The van der Waals surface area contributed by atoms with Crippen molar-refractivity contribution < 1.29 is 19.4 Å². The first-order valence-corrected chi connectivity index (χ1v) is 8.61. The number of ether oxygens (including phenoxy) is 1. The van der Waals surface area contributed by atoms with E-state index in [2.05, 4.69) is 6.92 Å². The van der Waals surface area contributed by atoms with Gasteiger partial charge in [-0.3, -0.25) is 9.59 Å². The molecule has 4 heteroatoms. The molecule has 1 aromatic rings. The summed E-state index contributed by atoms with van der Waals surface area (Å²) in [5.74, 6) is -0.767. The number of carbonyl (C=O) groups is 2. The molecule has 0 atom stereocenters. The normalized spacial score (nSPS) is 10.5. The highest BCUT2D eigenvalue weighted by Crippen LogP contribution is 2.15. The van der Waals surface area contributed by atoms with Crippen molar-refractivity contribution in [3.8, 4) is 5.75 Å². The number of hydrogen-bond donors (Lipinski definition) is 1. The molecule has 0 aliphatic heterocycles. The molecule has 0 saturated carbocycles. The van der Waals surface area contributed by atoms with Crippen LogP contribution in [0.3, 0.4) is 0 Å². The zero-order valence-corrected chi connectivity index (χ0v) is 14.1. The largest absolute Gasteiger partial charge is 0.494 e. The Morgan fingerprint density at radius 3 is 2.04 bits per heavy atom. The van der Waals surface area contributed by atoms with Crippen LogP contribution in [0.5, 0.6) is 5.75 Å². The number of hydrogen-bond acceptors (Lipinski definition) is 3. The number of carboxylic acids is 1. The minimum absolute atomic E-state index is 0.382. The fraction of sp³-hybridized carbons (Fsp3) is 0.579. The van der Waals surface area contributed by atoms with Crippen molar-refractivity contribution in [3.63, 3.8) is 0 Å². The second kappa shape index (κ2) is 11.7. The Labute approximate surface area is 138 Å². The first kappa shape index (κ1) is 19.2. The van der Waals surface area contributed by atoms with Gasteiger partial charge in [-0.2, -0.15) is 0 Å². The van der Waals surface area contributed by atoms with Crippen LogP contribution < -0.4 is 4.74 Å². The Bertz CT molecular complexity index is 465. The predicted octanol–water partition coefficient (Wildman–Crippen LogP) is 4.86. The molecular weight excluding hydrogens is 292 g/mol. The van der Waals surface area contributed by atoms with Gasteiger partial charge in [0.05, 0.1) is 6.61 Å². The fourth-order valence-corrected chi connectivity index (χ4v) is 2.40. The van der Waals surface area contributed by atoms with Crippen molar-refractivity contribution in [2.24, 2.45) is 0 Å². The van der Waals surface area contributed by atoms with E-state index in [-0.39, 0.29) is 5.78 Å². The third kappa shape index (κ3) is 9.01. The molecule has 4 nitrogen and oxygen atoms in total. The summed E-state index contributed by atoms with van der Waals surface area (Å²) in [6, 6.07) is 6.68. The quantitative estimate of drug-likeness (QED) is 0.320. The van der Waals surface area contributed by atoms with Crippen LogP contribution in [0.1, 0.15) is 75.1 Å². The molecule has 0 radical (unpaired) electrons. The first-order chi connectivity index (χ1) is 11.1. The summed E-state index contributed by atoms with van der Waals surface area (Å²) in [4.78, 5) is 22.1. The van der Waals surface area contributed by atoms with Crippen molar-refractivity contribution in [2.75, 3.05) is 6.61 Å². The molecule has 128 valence electrons. The molecule has 1 N–H and O–H groups in total. The second-order valence-corrected chi connectivity index (χ2v) is 5.84. The lowest BCUT2D eigenvalue weighted by Gasteiger charge is -2.07. The van der Waals surface area contributed by atoms with E-state index >= 15 is 0 Å². The molecule has 0 aliphatic rings. The number of ketones is 1. The average molecular weight is 320 g/mol. The van der Waals surface area contributed by atoms with Crippen LogP contribution in [0.4, 0.5) is 0 Å². The Morgan fingerprint density at radius 2 is 1.48 bits per heavy atom. The van der Waals surface area contributed by atoms with Gasteiger partial charge >= 0.3 is 5.97 Å². The lowest BCUT2D eigenvalue weighted by Crippen LogP contribution is -2.06. The van der Waals surface area contributed by atoms with Gasteiger partial charge in [0.2, 0.25) is 0 Å². The van der Waals surface area contributed by atoms with Gasteiger partial charge in [-0.15, -0.1) is 0 Å². The molecule has 23 heavy (non-hydrogen) atoms. The van der Waals surface area contributed by atoms with E-state index in [0.29, 0.717) is 12.2 Å². The smallest absolute Gasteiger partial charge is 0.311 e. The van der Waals surface area contributed by atoms with Crippen LogP contribution in [0, 0.1) is 0 Å². The van der Waals surface area contributed by atoms with Gasteiger partial charge in [-0.05, 0) is 30.7 Å². The number of carboxylic acid groups (broad SMARTS) is 1. The number of aliphatic carboxylic acids is 1. The minimum Gasteiger partial charge on any atom is -0.494 e. The van der Waals surface area contributed by atoms with Crippen molar-refractivity contribution in [1.29, 1.82) is 0 Å². The molecule has 0 spiro atoms. The van der Waals surface area contributed by atoms with Crippen LogP contribution in [0.2, 0.25) is 0 Å². The summed E-state index contributed by atoms with van der Waals surface area (Å²) >= 11 is 0. The number of carbonyl (C=O) groups excluding carboxylic acids is 1. The number of benzene rings is 1. The summed E-state index contributed by atoms with van der Waals surface area (Å²) in [7, 11) is 0. The Kier molecular flexibility index (Phi) is 9.76. The van der Waals surface area contributed by atoms with Gasteiger partial charge in [-0.1, -0.05) is 51.9 Å². The van der Waals surface area contributed by atoms with E-state index in [0.717, 1.165) is 12.2 Å². The monoisotopic (exact) mass is 320 g/mol. The maximum absolute atomic E-state index is 11.6. The van der Waals surface area contributed by atoms with E-state index in [1.165, 1.54) is 44.9 Å². The molecular formula is C19H28O4. The predicted molar refractivity (Wildman–Crippen MR) is 91.1 cm³/mol. The summed E-state index contributed by atoms with van der Waals surface area (Å²) in [6.45, 7) is 2.91. The Hall–Kier alpha value is -1.84. The SMILES string of the molecule is CCCCCCCCCCOc1ccc(C(=O)CC(=O)O)cc1. The number of rotatable bonds is 13. The summed E-state index contributed by atoms with van der Waals surface area (Å²) in [5.41, 5.74) is 0.409. The lowest BCUT2D eigenvalue weighted by molar-refractivity contribution is -0.135. The van der Waals surface area contributed by atoms with Crippen LogP contribution in [0.25, 0.3) is 0 Å². The standard InChI is InChI=1S/C19H28O4/c1-2-3-4-5-6-7-8-9-14-23-17-12-10-16(11-13-17)18(20)15-19(21)22/h10-13H,2-9,14-15H2,1H3,(H,21,22). The Morgan fingerprint density at radius 1 is 0.913 bits per heavy atom. The molecule has 0 saturated heterocycles. The molecule has 1 aromatic carbocycles. The third-order valence-corrected chi connectivity index (χ3v) is 3.75. The zero-order chi connectivity index (χ0) is 16.9. The van der Waals surface area contributed by atoms with E-state index in [1.807, 2.05) is 0 Å². The maximum Gasteiger partial charge on any atom is 0.311 e. The topological polar surface area (TPSA) is 63.6 Å². The number of unbranched alkanes of at least 4 members (excludes halogenated alkanes) is 7. The van der Waals surface area contributed by atoms with Crippen LogP contribution in [0.15, 0.2) is 24.3 Å². The van der Waals surface area contributed by atoms with Crippen molar-refractivity contribution >= 4 is 11.8 Å². The van der Waals surface area contributed by atoms with E-state index in [9.17, 15) is 9.59 Å². The molecule has 0 unspecified atom stereocenters. The van der Waals surface area contributed by atoms with Crippen LogP contribution in [-0.4, -0.2) is 23.5 Å². The Balaban J connectivity index is 2.14. The van der Waals surface area contributed by atoms with Crippen molar-refractivity contribution in [2.45, 2.75) is 64.7 Å². The molecule has 0 fully saturated rings. The van der Waals surface area contributed by atoms with Gasteiger partial charge in [0.1, 0.15) is 12.2 Å². The van der Waals surface area contributed by atoms with Crippen LogP contribution >= 0.6 is 0 Å². The second-order valence-electron chi connectivity index (χ2n) is 5.84. The zero-order valence-electron chi connectivity index (χ0n) is 14.1. The van der Waals surface area contributed by atoms with Crippen molar-refractivity contribution in [3.05, 3.63) is 29.8 Å². The third-order valence-electron chi connectivity index (χ3n) is 3.75. The maximum atomic E-state index is 11.6. The van der Waals surface area contributed by atoms with Gasteiger partial charge in [0.15, 0.2) is 5.78 Å². The molecule has 0 aliphatic carbocycles. The van der Waals surface area contributed by atoms with Crippen LogP contribution in [-0.2, 0) is 4.79 Å². The molecule has 0 amide bonds. The van der Waals surface area contributed by atoms with E-state index < -0.39 is 12.4 Å². The molecule has 1 rings (SSSR count). The fourth-order valence-electron chi connectivity index (χ4n) is 2.40. The number of Topliss-reactive ketones (excluding diaryl/α,β-unsaturated/α-hetero) is 1. The van der Waals surface area contributed by atoms with E-state index in [4.69, 9.17) is 9.84 Å². The molecule has 0 bridgehead atoms. The first-order valence-electron chi connectivity index (χ1n) is 8.61. The summed E-state index contributed by atoms with van der Waals surface area (Å²) < 4.78 is 5.64. The summed E-state index contributed by atoms with van der Waals surface area (Å²) in [6.07, 6.45) is 9.62. The molecule has 0 heterocycles. The van der Waals surface area contributed by atoms with Crippen molar-refractivity contribution in [1.82, 2.24) is 0 Å². The minimum atomic E-state index is -1.11. The lowest BCUT2D eigenvalue weighted by atomic mass is 10.1. The average Bonchev–Trinajstić information content (AvgIpc) is 2.53. The highest BCUT2D eigenvalue weighted by molar-refractivity contribution is 6.05. The van der Waals surface area contributed by atoms with Gasteiger partial charge in [0.25, 0.3) is 0 Å².